The van der Waals surface area contributed by atoms with Crippen molar-refractivity contribution in [2.75, 3.05) is 6.54 Å². The first kappa shape index (κ1) is 9.44. The van der Waals surface area contributed by atoms with Crippen LogP contribution in [0.5, 0.6) is 0 Å². The Balaban J connectivity index is 1.75. The van der Waals surface area contributed by atoms with E-state index in [1.54, 1.807) is 0 Å². The normalized spacial score (nSPS) is 39.5. The van der Waals surface area contributed by atoms with Gasteiger partial charge in [0.25, 0.3) is 0 Å². The van der Waals surface area contributed by atoms with Crippen molar-refractivity contribution in [3.05, 3.63) is 12.4 Å². The van der Waals surface area contributed by atoms with Gasteiger partial charge in [-0.1, -0.05) is 19.3 Å². The molecule has 0 aromatic rings. The predicted molar refractivity (Wildman–Crippen MR) is 62.8 cm³/mol. The summed E-state index contributed by atoms with van der Waals surface area (Å²) in [7, 11) is 0. The summed E-state index contributed by atoms with van der Waals surface area (Å²) in [5.41, 5.74) is 0. The number of nitrogens with zero attached hydrogens (tertiary/aromatic N) is 2. The lowest BCUT2D eigenvalue weighted by atomic mass is 9.72. The Morgan fingerprint density at radius 3 is 2.93 bits per heavy atom. The van der Waals surface area contributed by atoms with Crippen molar-refractivity contribution in [2.24, 2.45) is 16.8 Å². The summed E-state index contributed by atoms with van der Waals surface area (Å²) in [6.07, 6.45) is 14.7. The molecule has 15 heavy (non-hydrogen) atoms. The van der Waals surface area contributed by atoms with E-state index in [2.05, 4.69) is 22.3 Å². The Morgan fingerprint density at radius 2 is 2.00 bits per heavy atom. The van der Waals surface area contributed by atoms with Crippen molar-refractivity contribution < 1.29 is 0 Å². The molecule has 3 aliphatic rings. The molecule has 1 aliphatic carbocycles. The van der Waals surface area contributed by atoms with E-state index in [1.165, 1.54) is 38.6 Å². The van der Waals surface area contributed by atoms with Gasteiger partial charge in [0.1, 0.15) is 0 Å². The van der Waals surface area contributed by atoms with Gasteiger partial charge >= 0.3 is 0 Å². The van der Waals surface area contributed by atoms with Crippen LogP contribution in [0.2, 0.25) is 0 Å². The average molecular weight is 204 g/mol. The van der Waals surface area contributed by atoms with Gasteiger partial charge in [0, 0.05) is 37.6 Å². The van der Waals surface area contributed by atoms with Crippen molar-refractivity contribution in [3.8, 4) is 0 Å². The van der Waals surface area contributed by atoms with Gasteiger partial charge in [-0.3, -0.25) is 4.99 Å². The van der Waals surface area contributed by atoms with E-state index < -0.39 is 0 Å². The lowest BCUT2D eigenvalue weighted by Crippen LogP contribution is -2.45. The summed E-state index contributed by atoms with van der Waals surface area (Å²) in [5.74, 6) is 1.98. The molecule has 2 nitrogen and oxygen atoms in total. The third-order valence-electron chi connectivity index (χ3n) is 4.38. The molecule has 0 bridgehead atoms. The van der Waals surface area contributed by atoms with Crippen LogP contribution in [0, 0.1) is 11.8 Å². The van der Waals surface area contributed by atoms with E-state index in [9.17, 15) is 0 Å². The molecule has 1 saturated carbocycles. The smallest absolute Gasteiger partial charge is 0.0422 e. The van der Waals surface area contributed by atoms with Gasteiger partial charge in [0.2, 0.25) is 0 Å². The number of fused-ring (bicyclic) bond motifs is 2. The maximum absolute atomic E-state index is 4.27. The molecular weight excluding hydrogens is 184 g/mol. The van der Waals surface area contributed by atoms with Crippen molar-refractivity contribution in [1.29, 1.82) is 0 Å². The van der Waals surface area contributed by atoms with Gasteiger partial charge in [-0.15, -0.1) is 0 Å². The molecule has 3 unspecified atom stereocenters. The second-order valence-corrected chi connectivity index (χ2v) is 5.26. The first-order valence-corrected chi connectivity index (χ1v) is 6.37. The molecule has 3 rings (SSSR count). The molecule has 0 amide bonds. The van der Waals surface area contributed by atoms with Crippen LogP contribution in [0.4, 0.5) is 0 Å². The summed E-state index contributed by atoms with van der Waals surface area (Å²) in [6.45, 7) is 1.29. The van der Waals surface area contributed by atoms with E-state index >= 15 is 0 Å². The molecular formula is C13H20N2. The van der Waals surface area contributed by atoms with Crippen molar-refractivity contribution in [1.82, 2.24) is 4.90 Å². The number of hydrogen-bond donors (Lipinski definition) is 0. The first-order chi connectivity index (χ1) is 7.43. The maximum atomic E-state index is 4.27. The van der Waals surface area contributed by atoms with Gasteiger partial charge in [-0.25, -0.2) is 0 Å². The molecule has 2 fully saturated rings. The Hall–Kier alpha value is -0.790. The van der Waals surface area contributed by atoms with Gasteiger partial charge in [-0.05, 0) is 24.7 Å². The molecule has 1 saturated heterocycles. The Bertz CT molecular complexity index is 282. The van der Waals surface area contributed by atoms with Gasteiger partial charge < -0.3 is 4.90 Å². The fraction of sp³-hybridized carbons (Fsp3) is 0.769. The van der Waals surface area contributed by atoms with Crippen molar-refractivity contribution >= 4 is 6.21 Å². The first-order valence-electron chi connectivity index (χ1n) is 6.37. The van der Waals surface area contributed by atoms with Crippen LogP contribution in [-0.2, 0) is 0 Å². The predicted octanol–water partition coefficient (Wildman–Crippen LogP) is 2.81. The highest BCUT2D eigenvalue weighted by molar-refractivity contribution is 5.59. The van der Waals surface area contributed by atoms with Gasteiger partial charge in [0.15, 0.2) is 0 Å². The number of hydrogen-bond acceptors (Lipinski definition) is 2. The molecule has 3 atom stereocenters. The SMILES string of the molecule is C1=CN2CC3CCCCC3CC2CC=N1. The van der Waals surface area contributed by atoms with E-state index in [0.29, 0.717) is 0 Å². The van der Waals surface area contributed by atoms with E-state index in [1.807, 2.05) is 6.20 Å². The fourth-order valence-corrected chi connectivity index (χ4v) is 3.52. The molecule has 2 heteroatoms. The van der Waals surface area contributed by atoms with Crippen molar-refractivity contribution in [2.45, 2.75) is 44.6 Å². The summed E-state index contributed by atoms with van der Waals surface area (Å²) in [4.78, 5) is 6.81. The highest BCUT2D eigenvalue weighted by atomic mass is 15.2. The number of rotatable bonds is 0. The molecule has 0 N–H and O–H groups in total. The molecule has 2 heterocycles. The molecule has 82 valence electrons. The van der Waals surface area contributed by atoms with Crippen LogP contribution in [0.25, 0.3) is 0 Å². The lowest BCUT2D eigenvalue weighted by Gasteiger charge is -2.45. The van der Waals surface area contributed by atoms with Crippen LogP contribution in [0.1, 0.15) is 38.5 Å². The van der Waals surface area contributed by atoms with Gasteiger partial charge in [-0.2, -0.15) is 0 Å². The summed E-state index contributed by atoms with van der Waals surface area (Å²) in [5, 5.41) is 0. The minimum atomic E-state index is 0.742. The van der Waals surface area contributed by atoms with Crippen LogP contribution in [0.15, 0.2) is 17.4 Å². The Morgan fingerprint density at radius 1 is 1.13 bits per heavy atom. The molecule has 2 aliphatic heterocycles. The van der Waals surface area contributed by atoms with E-state index in [0.717, 1.165) is 24.3 Å². The van der Waals surface area contributed by atoms with Crippen LogP contribution < -0.4 is 0 Å². The molecule has 0 radical (unpaired) electrons. The fourth-order valence-electron chi connectivity index (χ4n) is 3.52. The zero-order valence-electron chi connectivity index (χ0n) is 9.31. The van der Waals surface area contributed by atoms with Crippen molar-refractivity contribution in [3.63, 3.8) is 0 Å². The summed E-state index contributed by atoms with van der Waals surface area (Å²) in [6, 6.07) is 0.742. The minimum absolute atomic E-state index is 0.742. The molecule has 0 spiro atoms. The van der Waals surface area contributed by atoms with E-state index in [4.69, 9.17) is 0 Å². The van der Waals surface area contributed by atoms with E-state index in [-0.39, 0.29) is 0 Å². The number of aliphatic imine (C=N–C) groups is 1. The third kappa shape index (κ3) is 1.82. The van der Waals surface area contributed by atoms with Crippen LogP contribution in [-0.4, -0.2) is 23.7 Å². The monoisotopic (exact) mass is 204 g/mol. The number of piperidine rings is 1. The minimum Gasteiger partial charge on any atom is -0.372 e. The Kier molecular flexibility index (Phi) is 2.51. The second kappa shape index (κ2) is 3.99. The zero-order chi connectivity index (χ0) is 10.1. The average Bonchev–Trinajstić information content (AvgIpc) is 2.50. The summed E-state index contributed by atoms with van der Waals surface area (Å²) >= 11 is 0. The third-order valence-corrected chi connectivity index (χ3v) is 4.38. The highest BCUT2D eigenvalue weighted by Crippen LogP contribution is 2.39. The molecule has 0 aromatic carbocycles. The zero-order valence-corrected chi connectivity index (χ0v) is 9.31. The molecule has 0 aromatic heterocycles. The van der Waals surface area contributed by atoms with Gasteiger partial charge in [0.05, 0.1) is 0 Å². The Labute approximate surface area is 92.1 Å². The van der Waals surface area contributed by atoms with Crippen LogP contribution in [0.3, 0.4) is 0 Å². The maximum Gasteiger partial charge on any atom is 0.0422 e. The highest BCUT2D eigenvalue weighted by Gasteiger charge is 2.35. The lowest BCUT2D eigenvalue weighted by molar-refractivity contribution is 0.0752. The summed E-state index contributed by atoms with van der Waals surface area (Å²) < 4.78 is 0. The standard InChI is InChI=1S/C13H20N2/c1-2-4-12-10-15-8-7-14-6-5-13(15)9-11(12)3-1/h6-8,11-13H,1-5,9-10H2. The largest absolute Gasteiger partial charge is 0.372 e. The second-order valence-electron chi connectivity index (χ2n) is 5.26. The topological polar surface area (TPSA) is 15.6 Å². The quantitative estimate of drug-likeness (QED) is 0.592. The van der Waals surface area contributed by atoms with Crippen LogP contribution >= 0.6 is 0 Å².